The van der Waals surface area contributed by atoms with Gasteiger partial charge in [0.15, 0.2) is 0 Å². The highest BCUT2D eigenvalue weighted by molar-refractivity contribution is 6.63. The van der Waals surface area contributed by atoms with Crippen LogP contribution in [-0.2, 0) is 8.85 Å². The van der Waals surface area contributed by atoms with Gasteiger partial charge in [0.25, 0.3) is 0 Å². The third-order valence-corrected chi connectivity index (χ3v) is 7.69. The highest BCUT2D eigenvalue weighted by Gasteiger charge is 2.43. The van der Waals surface area contributed by atoms with Crippen molar-refractivity contribution in [2.24, 2.45) is 11.8 Å². The first-order valence-corrected chi connectivity index (χ1v) is 9.81. The average Bonchev–Trinajstić information content (AvgIpc) is 2.48. The quantitative estimate of drug-likeness (QED) is 0.736. The minimum Gasteiger partial charge on any atom is -0.386 e. The number of hydrogen-bond donors (Lipinski definition) is 0. The lowest BCUT2D eigenvalue weighted by Crippen LogP contribution is -2.59. The van der Waals surface area contributed by atoms with Gasteiger partial charge in [0, 0.05) is 14.2 Å². The minimum absolute atomic E-state index is 0.902. The standard InChI is InChI=1S/C12H25NO2Si.C2H6/c1-14-16(3,15-2)13-9-8-11-6-4-5-7-12(11)10-13;1-2/h11-12H,4-10H2,1-3H3;1-2H3. The fraction of sp³-hybridized carbons (Fsp3) is 1.00. The van der Waals surface area contributed by atoms with Crippen LogP contribution in [0.2, 0.25) is 6.55 Å². The number of rotatable bonds is 3. The summed E-state index contributed by atoms with van der Waals surface area (Å²) in [4.78, 5) is 0. The van der Waals surface area contributed by atoms with Gasteiger partial charge in [0.05, 0.1) is 0 Å². The first-order valence-electron chi connectivity index (χ1n) is 7.55. The fourth-order valence-electron chi connectivity index (χ4n) is 3.31. The van der Waals surface area contributed by atoms with E-state index >= 15 is 0 Å². The van der Waals surface area contributed by atoms with Gasteiger partial charge in [-0.2, -0.15) is 0 Å². The second-order valence-corrected chi connectivity index (χ2v) is 8.59. The van der Waals surface area contributed by atoms with Crippen molar-refractivity contribution < 1.29 is 8.85 Å². The summed E-state index contributed by atoms with van der Waals surface area (Å²) in [5.74, 6) is 1.89. The van der Waals surface area contributed by atoms with Crippen LogP contribution < -0.4 is 0 Å². The molecule has 1 aliphatic carbocycles. The smallest absolute Gasteiger partial charge is 0.386 e. The van der Waals surface area contributed by atoms with E-state index in [0.717, 1.165) is 11.8 Å². The zero-order valence-corrected chi connectivity index (χ0v) is 13.9. The third kappa shape index (κ3) is 3.56. The van der Waals surface area contributed by atoms with Crippen LogP contribution in [0, 0.1) is 11.8 Å². The van der Waals surface area contributed by atoms with E-state index in [1.54, 1.807) is 14.2 Å². The van der Waals surface area contributed by atoms with Crippen molar-refractivity contribution in [3.8, 4) is 0 Å². The van der Waals surface area contributed by atoms with E-state index in [2.05, 4.69) is 11.1 Å². The summed E-state index contributed by atoms with van der Waals surface area (Å²) >= 11 is 0. The third-order valence-electron chi connectivity index (χ3n) is 4.62. The van der Waals surface area contributed by atoms with Crippen molar-refractivity contribution in [1.82, 2.24) is 4.57 Å². The van der Waals surface area contributed by atoms with Gasteiger partial charge >= 0.3 is 8.72 Å². The Kier molecular flexibility index (Phi) is 6.85. The normalized spacial score (nSPS) is 29.2. The Morgan fingerprint density at radius 3 is 2.06 bits per heavy atom. The highest BCUT2D eigenvalue weighted by Crippen LogP contribution is 2.37. The Bertz CT molecular complexity index is 234. The zero-order valence-electron chi connectivity index (χ0n) is 12.9. The van der Waals surface area contributed by atoms with Crippen LogP contribution in [-0.4, -0.2) is 40.6 Å². The van der Waals surface area contributed by atoms with Gasteiger partial charge < -0.3 is 8.85 Å². The Balaban J connectivity index is 0.000000771. The van der Waals surface area contributed by atoms with Gasteiger partial charge in [0.1, 0.15) is 0 Å². The molecule has 2 fully saturated rings. The van der Waals surface area contributed by atoms with Crippen LogP contribution in [0.5, 0.6) is 0 Å². The molecule has 0 radical (unpaired) electrons. The predicted octanol–water partition coefficient (Wildman–Crippen LogP) is 3.39. The summed E-state index contributed by atoms with van der Waals surface area (Å²) in [5, 5.41) is 0. The molecular weight excluding hydrogens is 242 g/mol. The van der Waals surface area contributed by atoms with Crippen molar-refractivity contribution >= 4 is 8.72 Å². The van der Waals surface area contributed by atoms with Crippen molar-refractivity contribution in [1.29, 1.82) is 0 Å². The molecule has 2 atom stereocenters. The maximum absolute atomic E-state index is 5.65. The van der Waals surface area contributed by atoms with Crippen molar-refractivity contribution in [3.63, 3.8) is 0 Å². The van der Waals surface area contributed by atoms with Gasteiger partial charge in [-0.1, -0.05) is 33.1 Å². The van der Waals surface area contributed by atoms with Crippen molar-refractivity contribution in [2.45, 2.75) is 52.5 Å². The Morgan fingerprint density at radius 1 is 0.944 bits per heavy atom. The molecule has 2 rings (SSSR count). The Morgan fingerprint density at radius 2 is 1.50 bits per heavy atom. The Labute approximate surface area is 114 Å². The molecule has 3 nitrogen and oxygen atoms in total. The van der Waals surface area contributed by atoms with Gasteiger partial charge in [0.2, 0.25) is 0 Å². The minimum atomic E-state index is -2.04. The molecule has 2 aliphatic rings. The molecule has 108 valence electrons. The highest BCUT2D eigenvalue weighted by atomic mass is 28.4. The molecule has 1 saturated carbocycles. The van der Waals surface area contributed by atoms with E-state index in [4.69, 9.17) is 8.85 Å². The maximum atomic E-state index is 5.65. The molecule has 0 spiro atoms. The Hall–Kier alpha value is 0.0969. The lowest BCUT2D eigenvalue weighted by atomic mass is 9.76. The molecule has 2 unspecified atom stereocenters. The summed E-state index contributed by atoms with van der Waals surface area (Å²) in [6.07, 6.45) is 7.09. The molecular formula is C14H31NO2Si. The van der Waals surface area contributed by atoms with Crippen molar-refractivity contribution in [3.05, 3.63) is 0 Å². The largest absolute Gasteiger partial charge is 0.424 e. The summed E-state index contributed by atoms with van der Waals surface area (Å²) in [6, 6.07) is 0. The second-order valence-electron chi connectivity index (χ2n) is 5.35. The average molecular weight is 273 g/mol. The van der Waals surface area contributed by atoms with E-state index < -0.39 is 8.72 Å². The van der Waals surface area contributed by atoms with Gasteiger partial charge in [-0.15, -0.1) is 0 Å². The van der Waals surface area contributed by atoms with Gasteiger partial charge in [-0.05, 0) is 44.3 Å². The SMILES string of the molecule is CC.CO[Si](C)(OC)N1CCC2CCCCC2C1. The molecule has 1 heterocycles. The lowest BCUT2D eigenvalue weighted by Gasteiger charge is -2.45. The summed E-state index contributed by atoms with van der Waals surface area (Å²) in [6.45, 7) is 8.54. The molecule has 0 aromatic carbocycles. The number of hydrogen-bond acceptors (Lipinski definition) is 3. The predicted molar refractivity (Wildman–Crippen MR) is 78.6 cm³/mol. The first-order chi connectivity index (χ1) is 8.69. The number of nitrogens with zero attached hydrogens (tertiary/aromatic N) is 1. The van der Waals surface area contributed by atoms with E-state index in [-0.39, 0.29) is 0 Å². The monoisotopic (exact) mass is 273 g/mol. The maximum Gasteiger partial charge on any atom is 0.424 e. The first kappa shape index (κ1) is 16.2. The molecule has 0 N–H and O–H groups in total. The topological polar surface area (TPSA) is 21.7 Å². The van der Waals surface area contributed by atoms with E-state index in [1.807, 2.05) is 13.8 Å². The molecule has 0 bridgehead atoms. The molecule has 1 aliphatic heterocycles. The van der Waals surface area contributed by atoms with Crippen LogP contribution in [0.4, 0.5) is 0 Å². The summed E-state index contributed by atoms with van der Waals surface area (Å²) < 4.78 is 13.8. The second kappa shape index (κ2) is 7.63. The molecule has 4 heteroatoms. The summed E-state index contributed by atoms with van der Waals surface area (Å²) in [5.41, 5.74) is 0. The van der Waals surface area contributed by atoms with Crippen LogP contribution in [0.1, 0.15) is 46.0 Å². The van der Waals surface area contributed by atoms with Crippen molar-refractivity contribution in [2.75, 3.05) is 27.3 Å². The van der Waals surface area contributed by atoms with Gasteiger partial charge in [-0.25, -0.2) is 0 Å². The summed E-state index contributed by atoms with van der Waals surface area (Å²) in [7, 11) is 1.55. The molecule has 0 amide bonds. The number of fused-ring (bicyclic) bond motifs is 1. The van der Waals surface area contributed by atoms with Crippen LogP contribution in [0.3, 0.4) is 0 Å². The van der Waals surface area contributed by atoms with Crippen LogP contribution >= 0.6 is 0 Å². The number of piperidine rings is 1. The molecule has 18 heavy (non-hydrogen) atoms. The van der Waals surface area contributed by atoms with Crippen LogP contribution in [0.25, 0.3) is 0 Å². The van der Waals surface area contributed by atoms with E-state index in [9.17, 15) is 0 Å². The van der Waals surface area contributed by atoms with Gasteiger partial charge in [-0.3, -0.25) is 4.57 Å². The van der Waals surface area contributed by atoms with Crippen LogP contribution in [0.15, 0.2) is 0 Å². The molecule has 0 aromatic rings. The fourth-order valence-corrected chi connectivity index (χ4v) is 5.10. The van der Waals surface area contributed by atoms with E-state index in [0.29, 0.717) is 0 Å². The molecule has 0 aromatic heterocycles. The van der Waals surface area contributed by atoms with E-state index in [1.165, 1.54) is 45.2 Å². The zero-order chi connectivity index (χ0) is 13.6. The molecule has 1 saturated heterocycles. The lowest BCUT2D eigenvalue weighted by molar-refractivity contribution is 0.0838.